The summed E-state index contributed by atoms with van der Waals surface area (Å²) in [4.78, 5) is 17.7. The number of nitrogens with one attached hydrogen (secondary N) is 1. The number of benzene rings is 1. The van der Waals surface area contributed by atoms with Gasteiger partial charge in [0.05, 0.1) is 0 Å². The molecule has 0 bridgehead atoms. The summed E-state index contributed by atoms with van der Waals surface area (Å²) in [7, 11) is 0. The Balaban J connectivity index is 1.86. The van der Waals surface area contributed by atoms with Crippen LogP contribution in [0.1, 0.15) is 24.2 Å². The molecule has 0 saturated carbocycles. The summed E-state index contributed by atoms with van der Waals surface area (Å²) in [5.74, 6) is 1.17. The summed E-state index contributed by atoms with van der Waals surface area (Å²) < 4.78 is 0.159. The number of rotatable bonds is 1. The molecule has 0 atom stereocenters. The van der Waals surface area contributed by atoms with Gasteiger partial charge in [0, 0.05) is 46.3 Å². The summed E-state index contributed by atoms with van der Waals surface area (Å²) in [6.45, 7) is 6.07. The highest BCUT2D eigenvalue weighted by Crippen LogP contribution is 2.30. The molecule has 1 saturated heterocycles. The number of H-pyrrole nitrogens is 1. The van der Waals surface area contributed by atoms with Crippen LogP contribution in [0.25, 0.3) is 10.9 Å². The molecule has 2 aromatic rings. The number of fused-ring (bicyclic) bond motifs is 1. The molecule has 19 heavy (non-hydrogen) atoms. The van der Waals surface area contributed by atoms with Crippen LogP contribution in [-0.4, -0.2) is 39.4 Å². The van der Waals surface area contributed by atoms with E-state index < -0.39 is 0 Å². The largest absolute Gasteiger partial charge is 0.361 e. The van der Waals surface area contributed by atoms with Gasteiger partial charge in [-0.15, -0.1) is 0 Å². The Morgan fingerprint density at radius 3 is 3.00 bits per heavy atom. The average Bonchev–Trinajstić information content (AvgIpc) is 2.83. The summed E-state index contributed by atoms with van der Waals surface area (Å²) in [6, 6.07) is 7.87. The van der Waals surface area contributed by atoms with E-state index >= 15 is 0 Å². The van der Waals surface area contributed by atoms with Crippen molar-refractivity contribution in [3.8, 4) is 0 Å². The zero-order valence-electron chi connectivity index (χ0n) is 11.3. The van der Waals surface area contributed by atoms with E-state index in [9.17, 15) is 4.79 Å². The number of nitrogens with zero attached hydrogens (tertiary/aromatic N) is 1. The van der Waals surface area contributed by atoms with E-state index in [4.69, 9.17) is 0 Å². The molecule has 1 aromatic heterocycles. The number of aromatic nitrogens is 1. The highest BCUT2D eigenvalue weighted by Gasteiger charge is 2.30. The number of hydrogen-bond acceptors (Lipinski definition) is 2. The van der Waals surface area contributed by atoms with Crippen molar-refractivity contribution in [2.45, 2.75) is 18.6 Å². The smallest absolute Gasteiger partial charge is 0.253 e. The number of hydrogen-bond donors (Lipinski definition) is 1. The molecule has 1 amide bonds. The van der Waals surface area contributed by atoms with Gasteiger partial charge in [-0.05, 0) is 38.1 Å². The third-order valence-electron chi connectivity index (χ3n) is 3.51. The lowest BCUT2D eigenvalue weighted by atomic mass is 10.1. The number of carbonyl (C=O) groups excluding carboxylic acids is 1. The van der Waals surface area contributed by atoms with E-state index in [-0.39, 0.29) is 10.7 Å². The van der Waals surface area contributed by atoms with Gasteiger partial charge in [-0.2, -0.15) is 11.8 Å². The van der Waals surface area contributed by atoms with Gasteiger partial charge < -0.3 is 9.88 Å². The monoisotopic (exact) mass is 274 g/mol. The second kappa shape index (κ2) is 4.60. The van der Waals surface area contributed by atoms with Gasteiger partial charge in [0.15, 0.2) is 0 Å². The molecular formula is C15H18N2OS. The number of thioether (sulfide) groups is 1. The lowest BCUT2D eigenvalue weighted by Gasteiger charge is -2.37. The third-order valence-corrected chi connectivity index (χ3v) is 4.81. The Hall–Kier alpha value is -1.42. The first kappa shape index (κ1) is 12.6. The Labute approximate surface area is 117 Å². The summed E-state index contributed by atoms with van der Waals surface area (Å²) in [5, 5.41) is 1.09. The Kier molecular flexibility index (Phi) is 3.05. The van der Waals surface area contributed by atoms with Gasteiger partial charge in [0.2, 0.25) is 0 Å². The van der Waals surface area contributed by atoms with Crippen molar-refractivity contribution in [3.63, 3.8) is 0 Å². The van der Waals surface area contributed by atoms with Crippen molar-refractivity contribution in [1.29, 1.82) is 0 Å². The number of amides is 1. The van der Waals surface area contributed by atoms with Gasteiger partial charge in [-0.3, -0.25) is 4.79 Å². The summed E-state index contributed by atoms with van der Waals surface area (Å²) in [6.07, 6.45) is 1.90. The summed E-state index contributed by atoms with van der Waals surface area (Å²) >= 11 is 1.94. The molecular weight excluding hydrogens is 256 g/mol. The molecule has 0 unspecified atom stereocenters. The lowest BCUT2D eigenvalue weighted by molar-refractivity contribution is 0.0748. The molecule has 3 nitrogen and oxygen atoms in total. The molecule has 4 heteroatoms. The molecule has 1 aliphatic rings. The molecule has 1 fully saturated rings. The Morgan fingerprint density at radius 1 is 1.37 bits per heavy atom. The molecule has 3 rings (SSSR count). The second-order valence-corrected chi connectivity index (χ2v) is 7.42. The van der Waals surface area contributed by atoms with Crippen LogP contribution in [0, 0.1) is 0 Å². The Morgan fingerprint density at radius 2 is 2.21 bits per heavy atom. The van der Waals surface area contributed by atoms with Gasteiger partial charge in [-0.25, -0.2) is 0 Å². The van der Waals surface area contributed by atoms with E-state index in [0.717, 1.165) is 35.3 Å². The first-order valence-corrected chi connectivity index (χ1v) is 7.54. The van der Waals surface area contributed by atoms with Crippen LogP contribution in [0.15, 0.2) is 30.5 Å². The van der Waals surface area contributed by atoms with Gasteiger partial charge in [0.1, 0.15) is 0 Å². The maximum absolute atomic E-state index is 12.6. The quantitative estimate of drug-likeness (QED) is 0.867. The lowest BCUT2D eigenvalue weighted by Crippen LogP contribution is -2.46. The molecule has 1 N–H and O–H groups in total. The van der Waals surface area contributed by atoms with Crippen LogP contribution in [0.4, 0.5) is 0 Å². The van der Waals surface area contributed by atoms with Gasteiger partial charge in [-0.1, -0.05) is 0 Å². The van der Waals surface area contributed by atoms with Crippen molar-refractivity contribution >= 4 is 28.6 Å². The highest BCUT2D eigenvalue weighted by atomic mass is 32.2. The summed E-state index contributed by atoms with van der Waals surface area (Å²) in [5.41, 5.74) is 1.86. The average molecular weight is 274 g/mol. The maximum atomic E-state index is 12.6. The molecule has 1 aromatic carbocycles. The minimum atomic E-state index is 0.150. The first-order chi connectivity index (χ1) is 9.05. The zero-order valence-corrected chi connectivity index (χ0v) is 12.1. The van der Waals surface area contributed by atoms with E-state index in [1.54, 1.807) is 0 Å². The second-order valence-electron chi connectivity index (χ2n) is 5.61. The van der Waals surface area contributed by atoms with Crippen molar-refractivity contribution in [2.75, 3.05) is 18.8 Å². The number of aromatic amines is 1. The zero-order chi connectivity index (χ0) is 13.5. The normalized spacial score (nSPS) is 18.7. The highest BCUT2D eigenvalue weighted by molar-refractivity contribution is 8.00. The van der Waals surface area contributed by atoms with Crippen LogP contribution in [0.2, 0.25) is 0 Å². The van der Waals surface area contributed by atoms with Crippen LogP contribution in [0.3, 0.4) is 0 Å². The van der Waals surface area contributed by atoms with Gasteiger partial charge in [0.25, 0.3) is 5.91 Å². The molecule has 0 aliphatic carbocycles. The molecule has 2 heterocycles. The standard InChI is InChI=1S/C15H18N2OS/c1-15(2)10-17(7-8-19-15)14(18)12-3-4-13-11(9-12)5-6-16-13/h3-6,9,16H,7-8,10H2,1-2H3. The van der Waals surface area contributed by atoms with E-state index in [2.05, 4.69) is 18.8 Å². The third kappa shape index (κ3) is 2.50. The first-order valence-electron chi connectivity index (χ1n) is 6.56. The molecule has 100 valence electrons. The predicted octanol–water partition coefficient (Wildman–Crippen LogP) is 3.14. The van der Waals surface area contributed by atoms with Crippen LogP contribution < -0.4 is 0 Å². The fourth-order valence-electron chi connectivity index (χ4n) is 2.56. The fraction of sp³-hybridized carbons (Fsp3) is 0.400. The maximum Gasteiger partial charge on any atom is 0.253 e. The topological polar surface area (TPSA) is 36.1 Å². The predicted molar refractivity (Wildman–Crippen MR) is 80.7 cm³/mol. The van der Waals surface area contributed by atoms with Gasteiger partial charge >= 0.3 is 0 Å². The van der Waals surface area contributed by atoms with Crippen LogP contribution in [0.5, 0.6) is 0 Å². The molecule has 0 radical (unpaired) electrons. The SMILES string of the molecule is CC1(C)CN(C(=O)c2ccc3[nH]ccc3c2)CCS1. The van der Waals surface area contributed by atoms with Crippen molar-refractivity contribution in [1.82, 2.24) is 9.88 Å². The van der Waals surface area contributed by atoms with E-state index in [1.807, 2.05) is 47.1 Å². The minimum absolute atomic E-state index is 0.150. The molecule has 0 spiro atoms. The number of carbonyl (C=O) groups is 1. The molecule has 1 aliphatic heterocycles. The van der Waals surface area contributed by atoms with Crippen LogP contribution in [-0.2, 0) is 0 Å². The van der Waals surface area contributed by atoms with Crippen molar-refractivity contribution in [2.24, 2.45) is 0 Å². The minimum Gasteiger partial charge on any atom is -0.361 e. The van der Waals surface area contributed by atoms with Crippen molar-refractivity contribution < 1.29 is 4.79 Å². The van der Waals surface area contributed by atoms with E-state index in [1.165, 1.54) is 0 Å². The van der Waals surface area contributed by atoms with Crippen molar-refractivity contribution in [3.05, 3.63) is 36.0 Å². The fourth-order valence-corrected chi connectivity index (χ4v) is 3.67. The van der Waals surface area contributed by atoms with E-state index in [0.29, 0.717) is 0 Å². The Bertz CT molecular complexity index is 617. The van der Waals surface area contributed by atoms with Crippen LogP contribution >= 0.6 is 11.8 Å².